The molecule has 0 aliphatic carbocycles. The van der Waals surface area contributed by atoms with Crippen LogP contribution in [0.4, 0.5) is 24.5 Å². The number of fused-ring (bicyclic) bond motifs is 2. The van der Waals surface area contributed by atoms with E-state index in [1.165, 1.54) is 17.0 Å². The van der Waals surface area contributed by atoms with Gasteiger partial charge < -0.3 is 24.3 Å². The largest absolute Gasteiger partial charge is 0.475 e. The predicted octanol–water partition coefficient (Wildman–Crippen LogP) is 4.55. The van der Waals surface area contributed by atoms with Crippen molar-refractivity contribution >= 4 is 28.1 Å². The topological polar surface area (TPSA) is 75.9 Å². The molecule has 43 heavy (non-hydrogen) atoms. The Morgan fingerprint density at radius 2 is 1.88 bits per heavy atom. The molecule has 0 spiro atoms. The fraction of sp³-hybridized carbons (Fsp3) is 0.406. The average Bonchev–Trinajstić information content (AvgIpc) is 3.43. The highest BCUT2D eigenvalue weighted by Crippen LogP contribution is 2.39. The summed E-state index contributed by atoms with van der Waals surface area (Å²) in [4.78, 5) is 24.9. The van der Waals surface area contributed by atoms with E-state index in [-0.39, 0.29) is 25.0 Å². The molecule has 2 fully saturated rings. The van der Waals surface area contributed by atoms with E-state index in [1.54, 1.807) is 6.07 Å². The molecule has 3 aromatic rings. The van der Waals surface area contributed by atoms with Crippen LogP contribution >= 0.6 is 0 Å². The Morgan fingerprint density at radius 1 is 1.12 bits per heavy atom. The van der Waals surface area contributed by atoms with Gasteiger partial charge in [-0.3, -0.25) is 4.79 Å². The van der Waals surface area contributed by atoms with Gasteiger partial charge in [0.25, 0.3) is 5.91 Å². The van der Waals surface area contributed by atoms with Crippen LogP contribution in [-0.4, -0.2) is 79.7 Å². The molecule has 1 aromatic heterocycles. The molecule has 2 aromatic carbocycles. The molecule has 3 aliphatic rings. The van der Waals surface area contributed by atoms with Crippen LogP contribution in [0.2, 0.25) is 0 Å². The number of aromatic nitrogens is 1. The first-order valence-electron chi connectivity index (χ1n) is 14.6. The van der Waals surface area contributed by atoms with Crippen LogP contribution < -0.4 is 14.5 Å². The summed E-state index contributed by atoms with van der Waals surface area (Å²) in [6.07, 6.45) is 2.63. The zero-order valence-electron chi connectivity index (χ0n) is 24.1. The second-order valence-corrected chi connectivity index (χ2v) is 11.4. The number of benzene rings is 2. The van der Waals surface area contributed by atoms with E-state index in [9.17, 15) is 23.2 Å². The molecule has 8 nitrogen and oxygen atoms in total. The predicted molar refractivity (Wildman–Crippen MR) is 158 cm³/mol. The number of carbonyl (C=O) groups is 1. The highest BCUT2D eigenvalue weighted by Gasteiger charge is 2.33. The summed E-state index contributed by atoms with van der Waals surface area (Å²) in [7, 11) is 2.06. The van der Waals surface area contributed by atoms with Gasteiger partial charge in [-0.25, -0.2) is 18.2 Å². The maximum absolute atomic E-state index is 14.3. The highest BCUT2D eigenvalue weighted by atomic mass is 19.2. The number of nitrogens with zero attached hydrogens (tertiary/aromatic N) is 6. The first-order valence-corrected chi connectivity index (χ1v) is 14.6. The van der Waals surface area contributed by atoms with Crippen molar-refractivity contribution in [1.29, 1.82) is 5.26 Å². The third-order valence-corrected chi connectivity index (χ3v) is 8.84. The zero-order chi connectivity index (χ0) is 30.2. The average molecular weight is 591 g/mol. The number of amides is 1. The molecule has 0 radical (unpaired) electrons. The molecule has 1 atom stereocenters. The minimum Gasteiger partial charge on any atom is -0.475 e. The number of hydrogen-bond donors (Lipinski definition) is 0. The number of ether oxygens (including phenoxy) is 1. The molecule has 2 saturated heterocycles. The number of carbonyl (C=O) groups excluding carboxylic acids is 1. The molecule has 11 heteroatoms. The second kappa shape index (κ2) is 11.8. The number of anilines is 2. The van der Waals surface area contributed by atoms with Crippen LogP contribution in [0.1, 0.15) is 29.7 Å². The van der Waals surface area contributed by atoms with Crippen molar-refractivity contribution in [2.45, 2.75) is 31.8 Å². The number of likely N-dealkylation sites (N-methyl/N-ethyl adjacent to an activating group) is 1. The van der Waals surface area contributed by atoms with E-state index in [0.717, 1.165) is 42.0 Å². The number of halogens is 3. The lowest BCUT2D eigenvalue weighted by atomic mass is 9.97. The van der Waals surface area contributed by atoms with Crippen molar-refractivity contribution in [3.05, 3.63) is 71.2 Å². The maximum atomic E-state index is 14.3. The maximum Gasteiger partial charge on any atom is 0.282 e. The number of hydrogen-bond acceptors (Lipinski definition) is 7. The highest BCUT2D eigenvalue weighted by molar-refractivity contribution is 5.94. The van der Waals surface area contributed by atoms with Crippen molar-refractivity contribution < 1.29 is 22.7 Å². The van der Waals surface area contributed by atoms with Crippen LogP contribution in [0.3, 0.4) is 0 Å². The molecule has 4 heterocycles. The molecule has 0 saturated carbocycles. The molecule has 0 N–H and O–H groups in total. The van der Waals surface area contributed by atoms with Crippen molar-refractivity contribution in [1.82, 2.24) is 14.8 Å². The van der Waals surface area contributed by atoms with Crippen LogP contribution in [0, 0.1) is 23.0 Å². The lowest BCUT2D eigenvalue weighted by molar-refractivity contribution is -0.128. The Hall–Kier alpha value is -4.30. The summed E-state index contributed by atoms with van der Waals surface area (Å²) < 4.78 is 48.1. The monoisotopic (exact) mass is 590 g/mol. The van der Waals surface area contributed by atoms with Crippen LogP contribution in [0.15, 0.2) is 42.7 Å². The van der Waals surface area contributed by atoms with Crippen molar-refractivity contribution in [2.75, 3.05) is 62.7 Å². The van der Waals surface area contributed by atoms with Crippen molar-refractivity contribution in [2.24, 2.45) is 0 Å². The van der Waals surface area contributed by atoms with Crippen LogP contribution in [-0.2, 0) is 17.8 Å². The Bertz CT molecular complexity index is 1630. The second-order valence-electron chi connectivity index (χ2n) is 11.4. The summed E-state index contributed by atoms with van der Waals surface area (Å²) in [6, 6.07) is 10.5. The van der Waals surface area contributed by atoms with Crippen molar-refractivity contribution in [3.8, 4) is 11.9 Å². The lowest BCUT2D eigenvalue weighted by Gasteiger charge is -2.39. The minimum atomic E-state index is -0.990. The zero-order valence-corrected chi connectivity index (χ0v) is 24.1. The first kappa shape index (κ1) is 28.8. The van der Waals surface area contributed by atoms with Gasteiger partial charge in [-0.1, -0.05) is 18.7 Å². The van der Waals surface area contributed by atoms with Gasteiger partial charge in [0.05, 0.1) is 17.9 Å². The number of nitriles is 1. The van der Waals surface area contributed by atoms with E-state index >= 15 is 0 Å². The third-order valence-electron chi connectivity index (χ3n) is 8.84. The number of rotatable bonds is 6. The van der Waals surface area contributed by atoms with Gasteiger partial charge in [0.1, 0.15) is 18.2 Å². The van der Waals surface area contributed by atoms with Gasteiger partial charge in [0.2, 0.25) is 5.88 Å². The molecule has 224 valence electrons. The fourth-order valence-electron chi connectivity index (χ4n) is 6.49. The van der Waals surface area contributed by atoms with E-state index in [0.29, 0.717) is 55.5 Å². The van der Waals surface area contributed by atoms with Gasteiger partial charge >= 0.3 is 0 Å². The SMILES string of the molecule is C=C(F)C(=O)N1CCN(c2c(C#N)c(OC[C@@H]3CCCN3C)nc3c2CCN(c2cccc4cc(F)c(F)cc24)C3)CC1. The molecule has 0 bridgehead atoms. The lowest BCUT2D eigenvalue weighted by Crippen LogP contribution is -2.49. The van der Waals surface area contributed by atoms with Gasteiger partial charge in [0, 0.05) is 55.4 Å². The molecular weight excluding hydrogens is 557 g/mol. The van der Waals surface area contributed by atoms with E-state index < -0.39 is 23.4 Å². The quantitative estimate of drug-likeness (QED) is 0.390. The summed E-state index contributed by atoms with van der Waals surface area (Å²) in [6.45, 7) is 6.87. The summed E-state index contributed by atoms with van der Waals surface area (Å²) in [5.41, 5.74) is 3.52. The molecule has 3 aliphatic heterocycles. The van der Waals surface area contributed by atoms with E-state index in [2.05, 4.69) is 34.4 Å². The van der Waals surface area contributed by atoms with E-state index in [4.69, 9.17) is 9.72 Å². The number of likely N-dealkylation sites (tertiary alicyclic amines) is 1. The normalized spacial score (nSPS) is 19.0. The molecule has 1 amide bonds. The fourth-order valence-corrected chi connectivity index (χ4v) is 6.49. The standard InChI is InChI=1S/C32H33F3N6O2/c1-20(33)32(42)40-13-11-39(12-14-40)30-23-8-10-41(29-7-3-5-21-15-26(34)27(35)16-24(21)29)18-28(23)37-31(25(30)17-36)43-19-22-6-4-9-38(22)2/h3,5,7,15-16,22H,1,4,6,8-14,18-19H2,2H3/t22-/m0/s1. The Morgan fingerprint density at radius 3 is 2.58 bits per heavy atom. The van der Waals surface area contributed by atoms with Crippen LogP contribution in [0.25, 0.3) is 10.8 Å². The van der Waals surface area contributed by atoms with Gasteiger partial charge in [-0.2, -0.15) is 5.26 Å². The number of pyridine rings is 1. The summed E-state index contributed by atoms with van der Waals surface area (Å²) in [5, 5.41) is 11.6. The summed E-state index contributed by atoms with van der Waals surface area (Å²) >= 11 is 0. The summed E-state index contributed by atoms with van der Waals surface area (Å²) in [5.74, 6) is -3.24. The van der Waals surface area contributed by atoms with Crippen LogP contribution in [0.5, 0.6) is 5.88 Å². The molecule has 0 unspecified atom stereocenters. The Balaban J connectivity index is 1.37. The molecular formula is C32H33F3N6O2. The number of piperazine rings is 1. The smallest absolute Gasteiger partial charge is 0.282 e. The van der Waals surface area contributed by atoms with E-state index in [1.807, 2.05) is 12.1 Å². The molecule has 6 rings (SSSR count). The Kier molecular flexibility index (Phi) is 7.88. The van der Waals surface area contributed by atoms with Gasteiger partial charge in [0.15, 0.2) is 17.5 Å². The Labute approximate surface area is 248 Å². The first-order chi connectivity index (χ1) is 20.7. The third kappa shape index (κ3) is 5.47. The van der Waals surface area contributed by atoms with Gasteiger partial charge in [-0.15, -0.1) is 0 Å². The van der Waals surface area contributed by atoms with Gasteiger partial charge in [-0.05, 0) is 56.4 Å². The van der Waals surface area contributed by atoms with Crippen molar-refractivity contribution in [3.63, 3.8) is 0 Å². The minimum absolute atomic E-state index is 0.221.